The molecule has 3 rings (SSSR count). The number of fused-ring (bicyclic) bond motifs is 1. The molecule has 1 aromatic carbocycles. The first-order valence-electron chi connectivity index (χ1n) is 7.56. The Morgan fingerprint density at radius 1 is 1.33 bits per heavy atom. The zero-order valence-corrected chi connectivity index (χ0v) is 14.8. The van der Waals surface area contributed by atoms with E-state index >= 15 is 0 Å². The highest BCUT2D eigenvalue weighted by molar-refractivity contribution is 8.02. The number of methoxy groups -OCH3 is 1. The SMILES string of the molecule is COC(=O)C1=C(SC)N2C(=O)CC(C)(C)N2C1c1ccc(F)cc1. The Morgan fingerprint density at radius 2 is 1.96 bits per heavy atom. The fourth-order valence-corrected chi connectivity index (χ4v) is 4.18. The van der Waals surface area contributed by atoms with Crippen molar-refractivity contribution in [1.29, 1.82) is 0 Å². The number of hydrazine groups is 1. The molecule has 0 radical (unpaired) electrons. The molecule has 1 unspecified atom stereocenters. The standard InChI is InChI=1S/C17H19FN2O3S/c1-17(2)9-12(21)19-15(24-4)13(16(22)23-3)14(20(17)19)10-5-7-11(18)8-6-10/h5-8,14H,9H2,1-4H3. The van der Waals surface area contributed by atoms with E-state index in [1.165, 1.54) is 31.0 Å². The van der Waals surface area contributed by atoms with Gasteiger partial charge in [0.05, 0.1) is 18.7 Å². The monoisotopic (exact) mass is 350 g/mol. The summed E-state index contributed by atoms with van der Waals surface area (Å²) in [5.74, 6) is -0.888. The molecule has 1 amide bonds. The Hall–Kier alpha value is -1.86. The largest absolute Gasteiger partial charge is 0.466 e. The number of rotatable bonds is 3. The van der Waals surface area contributed by atoms with Crippen molar-refractivity contribution in [2.75, 3.05) is 13.4 Å². The molecular formula is C17H19FN2O3S. The first-order valence-corrected chi connectivity index (χ1v) is 8.78. The molecule has 2 heterocycles. The van der Waals surface area contributed by atoms with E-state index in [1.807, 2.05) is 25.1 Å². The van der Waals surface area contributed by atoms with Crippen molar-refractivity contribution >= 4 is 23.6 Å². The van der Waals surface area contributed by atoms with E-state index in [0.29, 0.717) is 17.0 Å². The van der Waals surface area contributed by atoms with Gasteiger partial charge in [0.15, 0.2) is 0 Å². The molecule has 128 valence electrons. The maximum atomic E-state index is 13.3. The summed E-state index contributed by atoms with van der Waals surface area (Å²) in [5.41, 5.74) is 0.693. The Bertz CT molecular complexity index is 730. The van der Waals surface area contributed by atoms with Crippen molar-refractivity contribution in [3.05, 3.63) is 46.2 Å². The van der Waals surface area contributed by atoms with Crippen molar-refractivity contribution in [2.24, 2.45) is 0 Å². The summed E-state index contributed by atoms with van der Waals surface area (Å²) in [6.07, 6.45) is 2.17. The van der Waals surface area contributed by atoms with Crippen LogP contribution in [-0.2, 0) is 14.3 Å². The van der Waals surface area contributed by atoms with Crippen LogP contribution in [0.1, 0.15) is 31.9 Å². The smallest absolute Gasteiger partial charge is 0.338 e. The number of hydrogen-bond donors (Lipinski definition) is 0. The Kier molecular flexibility index (Phi) is 4.17. The third kappa shape index (κ3) is 2.43. The van der Waals surface area contributed by atoms with Crippen LogP contribution in [0.5, 0.6) is 0 Å². The number of carbonyl (C=O) groups excluding carboxylic acids is 2. The van der Waals surface area contributed by atoms with Crippen molar-refractivity contribution in [1.82, 2.24) is 10.0 Å². The van der Waals surface area contributed by atoms with Gasteiger partial charge < -0.3 is 4.74 Å². The van der Waals surface area contributed by atoms with Crippen LogP contribution in [0.25, 0.3) is 0 Å². The van der Waals surface area contributed by atoms with Crippen molar-refractivity contribution < 1.29 is 18.7 Å². The lowest BCUT2D eigenvalue weighted by atomic mass is 9.93. The highest BCUT2D eigenvalue weighted by atomic mass is 32.2. The van der Waals surface area contributed by atoms with Gasteiger partial charge in [0.25, 0.3) is 0 Å². The molecule has 1 atom stereocenters. The van der Waals surface area contributed by atoms with Gasteiger partial charge in [-0.2, -0.15) is 5.01 Å². The summed E-state index contributed by atoms with van der Waals surface area (Å²) >= 11 is 1.33. The average molecular weight is 350 g/mol. The van der Waals surface area contributed by atoms with Crippen molar-refractivity contribution in [2.45, 2.75) is 31.8 Å². The van der Waals surface area contributed by atoms with Crippen LogP contribution < -0.4 is 0 Å². The molecule has 2 aliphatic rings. The van der Waals surface area contributed by atoms with Crippen molar-refractivity contribution in [3.63, 3.8) is 0 Å². The van der Waals surface area contributed by atoms with E-state index in [1.54, 1.807) is 17.1 Å². The summed E-state index contributed by atoms with van der Waals surface area (Å²) in [6, 6.07) is 5.52. The topological polar surface area (TPSA) is 49.9 Å². The number of amides is 1. The van der Waals surface area contributed by atoms with Gasteiger partial charge in [-0.15, -0.1) is 11.8 Å². The molecule has 24 heavy (non-hydrogen) atoms. The Balaban J connectivity index is 2.21. The third-order valence-electron chi connectivity index (χ3n) is 4.38. The molecule has 1 saturated heterocycles. The highest BCUT2D eigenvalue weighted by Gasteiger charge is 2.56. The lowest BCUT2D eigenvalue weighted by Crippen LogP contribution is -2.44. The number of nitrogens with zero attached hydrogens (tertiary/aromatic N) is 2. The maximum Gasteiger partial charge on any atom is 0.338 e. The van der Waals surface area contributed by atoms with Crippen LogP contribution in [-0.4, -0.2) is 40.8 Å². The Morgan fingerprint density at radius 3 is 2.50 bits per heavy atom. The van der Waals surface area contributed by atoms with Crippen LogP contribution in [0.4, 0.5) is 4.39 Å². The molecule has 5 nitrogen and oxygen atoms in total. The minimum absolute atomic E-state index is 0.0598. The molecule has 1 fully saturated rings. The molecule has 7 heteroatoms. The van der Waals surface area contributed by atoms with E-state index in [4.69, 9.17) is 4.74 Å². The minimum Gasteiger partial charge on any atom is -0.466 e. The number of hydrogen-bond acceptors (Lipinski definition) is 5. The lowest BCUT2D eigenvalue weighted by molar-refractivity contribution is -0.138. The lowest BCUT2D eigenvalue weighted by Gasteiger charge is -2.36. The number of carbonyl (C=O) groups is 2. The predicted octanol–water partition coefficient (Wildman–Crippen LogP) is 2.86. The molecule has 0 aromatic heterocycles. The molecule has 0 saturated carbocycles. The molecule has 0 N–H and O–H groups in total. The zero-order valence-electron chi connectivity index (χ0n) is 14.0. The Labute approximate surface area is 144 Å². The van der Waals surface area contributed by atoms with E-state index in [9.17, 15) is 14.0 Å². The zero-order chi connectivity index (χ0) is 17.6. The molecule has 2 aliphatic heterocycles. The number of esters is 1. The average Bonchev–Trinajstić information content (AvgIpc) is 3.01. The number of ether oxygens (including phenoxy) is 1. The number of benzene rings is 1. The highest BCUT2D eigenvalue weighted by Crippen LogP contribution is 2.51. The second-order valence-corrected chi connectivity index (χ2v) is 7.20. The molecule has 1 aromatic rings. The summed E-state index contributed by atoms with van der Waals surface area (Å²) in [6.45, 7) is 3.92. The maximum absolute atomic E-state index is 13.3. The second kappa shape index (κ2) is 5.89. The van der Waals surface area contributed by atoms with Crippen LogP contribution >= 0.6 is 11.8 Å². The van der Waals surface area contributed by atoms with Crippen LogP contribution in [0.2, 0.25) is 0 Å². The van der Waals surface area contributed by atoms with Crippen LogP contribution in [0.15, 0.2) is 34.9 Å². The predicted molar refractivity (Wildman–Crippen MR) is 89.1 cm³/mol. The molecule has 0 aliphatic carbocycles. The van der Waals surface area contributed by atoms with Gasteiger partial charge in [-0.25, -0.2) is 14.2 Å². The normalized spacial score (nSPS) is 23.0. The molecular weight excluding hydrogens is 331 g/mol. The molecule has 0 bridgehead atoms. The van der Waals surface area contributed by atoms with Gasteiger partial charge >= 0.3 is 5.97 Å². The number of halogens is 1. The van der Waals surface area contributed by atoms with E-state index < -0.39 is 17.6 Å². The van der Waals surface area contributed by atoms with Crippen LogP contribution in [0.3, 0.4) is 0 Å². The second-order valence-electron chi connectivity index (χ2n) is 6.41. The minimum atomic E-state index is -0.484. The summed E-state index contributed by atoms with van der Waals surface area (Å²) in [7, 11) is 1.32. The summed E-state index contributed by atoms with van der Waals surface area (Å²) in [4.78, 5) is 25.0. The van der Waals surface area contributed by atoms with Crippen molar-refractivity contribution in [3.8, 4) is 0 Å². The molecule has 0 spiro atoms. The van der Waals surface area contributed by atoms with E-state index in [0.717, 1.165) is 5.56 Å². The number of thioether (sulfide) groups is 1. The van der Waals surface area contributed by atoms with Gasteiger partial charge in [0.1, 0.15) is 10.8 Å². The summed E-state index contributed by atoms with van der Waals surface area (Å²) in [5, 5.41) is 4.05. The van der Waals surface area contributed by atoms with E-state index in [-0.39, 0.29) is 11.7 Å². The first-order chi connectivity index (χ1) is 11.3. The third-order valence-corrected chi connectivity index (χ3v) is 5.16. The summed E-state index contributed by atoms with van der Waals surface area (Å²) < 4.78 is 18.3. The van der Waals surface area contributed by atoms with Gasteiger partial charge in [0, 0.05) is 12.0 Å². The first kappa shape index (κ1) is 17.0. The quantitative estimate of drug-likeness (QED) is 0.785. The fourth-order valence-electron chi connectivity index (χ4n) is 3.40. The van der Waals surface area contributed by atoms with Gasteiger partial charge in [-0.1, -0.05) is 12.1 Å². The van der Waals surface area contributed by atoms with Gasteiger partial charge in [-0.3, -0.25) is 4.79 Å². The fraction of sp³-hybridized carbons (Fsp3) is 0.412. The van der Waals surface area contributed by atoms with E-state index in [2.05, 4.69) is 0 Å². The van der Waals surface area contributed by atoms with Gasteiger partial charge in [-0.05, 0) is 37.8 Å². The van der Waals surface area contributed by atoms with Crippen LogP contribution in [0, 0.1) is 5.82 Å². The van der Waals surface area contributed by atoms with Gasteiger partial charge in [0.2, 0.25) is 5.91 Å².